The molecule has 0 saturated carbocycles. The summed E-state index contributed by atoms with van der Waals surface area (Å²) in [7, 11) is 3.64. The van der Waals surface area contributed by atoms with Gasteiger partial charge in [0, 0.05) is 32.9 Å². The number of carbonyl (C=O) groups excluding carboxylic acids is 1. The highest BCUT2D eigenvalue weighted by atomic mass is 35.5. The largest absolute Gasteiger partial charge is 0.383 e. The van der Waals surface area contributed by atoms with Gasteiger partial charge in [0.1, 0.15) is 5.15 Å². The van der Waals surface area contributed by atoms with E-state index in [0.717, 1.165) is 13.1 Å². The molecule has 0 fully saturated rings. The number of nitrogens with one attached hydrogen (secondary N) is 1. The van der Waals surface area contributed by atoms with Gasteiger partial charge in [-0.05, 0) is 19.2 Å². The zero-order chi connectivity index (χ0) is 13.4. The Morgan fingerprint density at radius 3 is 3.00 bits per heavy atom. The SMILES string of the molecule is COCCN(C)CCNC(=O)c1cccnc1Cl. The maximum atomic E-state index is 11.8. The maximum absolute atomic E-state index is 11.8. The topological polar surface area (TPSA) is 54.5 Å². The lowest BCUT2D eigenvalue weighted by Crippen LogP contribution is -2.34. The third-order valence-electron chi connectivity index (χ3n) is 2.46. The molecule has 0 radical (unpaired) electrons. The van der Waals surface area contributed by atoms with E-state index in [1.807, 2.05) is 7.05 Å². The molecular weight excluding hydrogens is 254 g/mol. The van der Waals surface area contributed by atoms with Crippen LogP contribution >= 0.6 is 11.6 Å². The van der Waals surface area contributed by atoms with Crippen LogP contribution in [0.3, 0.4) is 0 Å². The van der Waals surface area contributed by atoms with Gasteiger partial charge in [-0.15, -0.1) is 0 Å². The fourth-order valence-electron chi connectivity index (χ4n) is 1.37. The van der Waals surface area contributed by atoms with Crippen molar-refractivity contribution in [3.05, 3.63) is 29.0 Å². The molecular formula is C12H18ClN3O2. The predicted octanol–water partition coefficient (Wildman–Crippen LogP) is 1.04. The van der Waals surface area contributed by atoms with Gasteiger partial charge >= 0.3 is 0 Å². The molecule has 0 unspecified atom stereocenters. The van der Waals surface area contributed by atoms with E-state index >= 15 is 0 Å². The Balaban J connectivity index is 2.32. The summed E-state index contributed by atoms with van der Waals surface area (Å²) in [6, 6.07) is 3.34. The molecule has 1 N–H and O–H groups in total. The van der Waals surface area contributed by atoms with Gasteiger partial charge < -0.3 is 15.0 Å². The van der Waals surface area contributed by atoms with Crippen LogP contribution in [0, 0.1) is 0 Å². The van der Waals surface area contributed by atoms with E-state index in [-0.39, 0.29) is 11.1 Å². The number of nitrogens with zero attached hydrogens (tertiary/aromatic N) is 2. The van der Waals surface area contributed by atoms with E-state index in [9.17, 15) is 4.79 Å². The van der Waals surface area contributed by atoms with Crippen LogP contribution in [0.2, 0.25) is 5.15 Å². The van der Waals surface area contributed by atoms with Crippen molar-refractivity contribution in [1.29, 1.82) is 0 Å². The lowest BCUT2D eigenvalue weighted by molar-refractivity contribution is 0.0947. The molecule has 0 aromatic carbocycles. The zero-order valence-corrected chi connectivity index (χ0v) is 11.4. The summed E-state index contributed by atoms with van der Waals surface area (Å²) < 4.78 is 4.97. The van der Waals surface area contributed by atoms with Crippen LogP contribution in [0.5, 0.6) is 0 Å². The summed E-state index contributed by atoms with van der Waals surface area (Å²) in [5.74, 6) is -0.201. The van der Waals surface area contributed by atoms with Crippen molar-refractivity contribution in [3.63, 3.8) is 0 Å². The van der Waals surface area contributed by atoms with Crippen LogP contribution in [0.15, 0.2) is 18.3 Å². The zero-order valence-electron chi connectivity index (χ0n) is 10.6. The Bertz CT molecular complexity index is 387. The Hall–Kier alpha value is -1.17. The molecule has 1 rings (SSSR count). The number of hydrogen-bond acceptors (Lipinski definition) is 4. The molecule has 0 bridgehead atoms. The van der Waals surface area contributed by atoms with Crippen molar-refractivity contribution in [2.75, 3.05) is 40.4 Å². The van der Waals surface area contributed by atoms with Crippen LogP contribution in [-0.2, 0) is 4.74 Å². The molecule has 1 aromatic heterocycles. The predicted molar refractivity (Wildman–Crippen MR) is 71.0 cm³/mol. The molecule has 0 aliphatic heterocycles. The number of amides is 1. The van der Waals surface area contributed by atoms with Gasteiger partial charge in [-0.3, -0.25) is 4.79 Å². The molecule has 18 heavy (non-hydrogen) atoms. The summed E-state index contributed by atoms with van der Waals surface area (Å²) in [5.41, 5.74) is 0.402. The van der Waals surface area contributed by atoms with Crippen LogP contribution in [0.1, 0.15) is 10.4 Å². The van der Waals surface area contributed by atoms with Crippen molar-refractivity contribution in [1.82, 2.24) is 15.2 Å². The smallest absolute Gasteiger partial charge is 0.254 e. The third kappa shape index (κ3) is 5.00. The molecule has 1 amide bonds. The average molecular weight is 272 g/mol. The summed E-state index contributed by atoms with van der Waals surface area (Å²) in [6.07, 6.45) is 1.55. The first-order valence-corrected chi connectivity index (χ1v) is 6.09. The molecule has 100 valence electrons. The summed E-state index contributed by atoms with van der Waals surface area (Å²) in [4.78, 5) is 17.7. The van der Waals surface area contributed by atoms with Gasteiger partial charge in [-0.2, -0.15) is 0 Å². The average Bonchev–Trinajstić information content (AvgIpc) is 2.36. The van der Waals surface area contributed by atoms with Crippen LogP contribution < -0.4 is 5.32 Å². The number of hydrogen-bond donors (Lipinski definition) is 1. The quantitative estimate of drug-likeness (QED) is 0.753. The lowest BCUT2D eigenvalue weighted by atomic mass is 10.2. The fraction of sp³-hybridized carbons (Fsp3) is 0.500. The second-order valence-electron chi connectivity index (χ2n) is 3.89. The Morgan fingerprint density at radius 2 is 2.33 bits per heavy atom. The van der Waals surface area contributed by atoms with Crippen molar-refractivity contribution in [3.8, 4) is 0 Å². The monoisotopic (exact) mass is 271 g/mol. The number of aromatic nitrogens is 1. The first kappa shape index (κ1) is 14.9. The minimum absolute atomic E-state index is 0.201. The van der Waals surface area contributed by atoms with Gasteiger partial charge in [0.25, 0.3) is 5.91 Å². The van der Waals surface area contributed by atoms with Crippen LogP contribution in [-0.4, -0.2) is 56.2 Å². The molecule has 1 aromatic rings. The third-order valence-corrected chi connectivity index (χ3v) is 2.76. The number of ether oxygens (including phenoxy) is 1. The second-order valence-corrected chi connectivity index (χ2v) is 4.25. The van der Waals surface area contributed by atoms with Gasteiger partial charge in [-0.1, -0.05) is 11.6 Å². The van der Waals surface area contributed by atoms with Crippen LogP contribution in [0.25, 0.3) is 0 Å². The number of halogens is 1. The Morgan fingerprint density at radius 1 is 1.56 bits per heavy atom. The fourth-order valence-corrected chi connectivity index (χ4v) is 1.58. The van der Waals surface area contributed by atoms with Crippen molar-refractivity contribution < 1.29 is 9.53 Å². The highest BCUT2D eigenvalue weighted by Crippen LogP contribution is 2.10. The second kappa shape index (κ2) is 8.02. The summed E-state index contributed by atoms with van der Waals surface area (Å²) >= 11 is 5.83. The molecule has 0 saturated heterocycles. The number of methoxy groups -OCH3 is 1. The van der Waals surface area contributed by atoms with E-state index in [0.29, 0.717) is 18.7 Å². The van der Waals surface area contributed by atoms with Gasteiger partial charge in [0.15, 0.2) is 0 Å². The molecule has 0 spiro atoms. The van der Waals surface area contributed by atoms with E-state index in [2.05, 4.69) is 15.2 Å². The number of rotatable bonds is 7. The number of pyridine rings is 1. The van der Waals surface area contributed by atoms with Crippen molar-refractivity contribution in [2.45, 2.75) is 0 Å². The highest BCUT2D eigenvalue weighted by molar-refractivity contribution is 6.32. The van der Waals surface area contributed by atoms with Gasteiger partial charge in [0.05, 0.1) is 12.2 Å². The van der Waals surface area contributed by atoms with Gasteiger partial charge in [-0.25, -0.2) is 4.98 Å². The minimum atomic E-state index is -0.201. The molecule has 0 atom stereocenters. The first-order chi connectivity index (χ1) is 8.65. The summed E-state index contributed by atoms with van der Waals surface area (Å²) in [6.45, 7) is 2.83. The van der Waals surface area contributed by atoms with Crippen LogP contribution in [0.4, 0.5) is 0 Å². The molecule has 5 nitrogen and oxygen atoms in total. The van der Waals surface area contributed by atoms with E-state index < -0.39 is 0 Å². The first-order valence-electron chi connectivity index (χ1n) is 5.71. The number of likely N-dealkylation sites (N-methyl/N-ethyl adjacent to an activating group) is 1. The Labute approximate surface area is 112 Å². The van der Waals surface area contributed by atoms with Crippen molar-refractivity contribution in [2.24, 2.45) is 0 Å². The number of carbonyl (C=O) groups is 1. The van der Waals surface area contributed by atoms with E-state index in [1.54, 1.807) is 25.4 Å². The summed E-state index contributed by atoms with van der Waals surface area (Å²) in [5, 5.41) is 3.03. The van der Waals surface area contributed by atoms with Crippen molar-refractivity contribution >= 4 is 17.5 Å². The molecule has 0 aliphatic carbocycles. The van der Waals surface area contributed by atoms with E-state index in [1.165, 1.54) is 0 Å². The highest BCUT2D eigenvalue weighted by Gasteiger charge is 2.09. The van der Waals surface area contributed by atoms with E-state index in [4.69, 9.17) is 16.3 Å². The lowest BCUT2D eigenvalue weighted by Gasteiger charge is -2.16. The maximum Gasteiger partial charge on any atom is 0.254 e. The normalized spacial score (nSPS) is 10.7. The standard InChI is InChI=1S/C12H18ClN3O2/c1-16(8-9-18-2)7-6-15-12(17)10-4-3-5-14-11(10)13/h3-5H,6-9H2,1-2H3,(H,15,17). The molecule has 1 heterocycles. The minimum Gasteiger partial charge on any atom is -0.383 e. The molecule has 6 heteroatoms. The molecule has 0 aliphatic rings. The Kier molecular flexibility index (Phi) is 6.64. The van der Waals surface area contributed by atoms with Gasteiger partial charge in [0.2, 0.25) is 0 Å².